The first-order valence-electron chi connectivity index (χ1n) is 12.2. The summed E-state index contributed by atoms with van der Waals surface area (Å²) in [4.78, 5) is 41.4. The van der Waals surface area contributed by atoms with Gasteiger partial charge in [0.05, 0.1) is 18.9 Å². The van der Waals surface area contributed by atoms with Crippen LogP contribution in [0.4, 0.5) is 16.2 Å². The molecule has 180 valence electrons. The molecule has 34 heavy (non-hydrogen) atoms. The van der Waals surface area contributed by atoms with E-state index in [-0.39, 0.29) is 30.2 Å². The minimum Gasteiger partial charge on any atom is -0.466 e. The standard InChI is InChI=1S/C27H33N3O4/c1-2-34-26(32)22-10-7-16-29(19-22)25(31)18-20-12-14-23(15-13-20)28-27(33)30-17-6-5-9-21-8-3-4-11-24(21)30/h3-4,8,11-15,22H,2,5-7,9-10,16-19H2,1H3,(H,28,33). The van der Waals surface area contributed by atoms with Crippen molar-refractivity contribution in [3.63, 3.8) is 0 Å². The third-order valence-electron chi connectivity index (χ3n) is 6.56. The van der Waals surface area contributed by atoms with Crippen molar-refractivity contribution in [1.82, 2.24) is 4.90 Å². The Balaban J connectivity index is 1.34. The lowest BCUT2D eigenvalue weighted by Crippen LogP contribution is -2.43. The quantitative estimate of drug-likeness (QED) is 0.667. The molecule has 1 unspecified atom stereocenters. The number of urea groups is 1. The lowest BCUT2D eigenvalue weighted by atomic mass is 9.97. The fraction of sp³-hybridized carbons (Fsp3) is 0.444. The van der Waals surface area contributed by atoms with Crippen LogP contribution in [-0.2, 0) is 27.2 Å². The van der Waals surface area contributed by atoms with Crippen LogP contribution in [0.5, 0.6) is 0 Å². The molecule has 4 rings (SSSR count). The molecule has 2 aliphatic rings. The number of benzene rings is 2. The van der Waals surface area contributed by atoms with Crippen molar-refractivity contribution in [1.29, 1.82) is 0 Å². The molecule has 3 amide bonds. The van der Waals surface area contributed by atoms with E-state index in [2.05, 4.69) is 11.4 Å². The first-order valence-corrected chi connectivity index (χ1v) is 12.2. The summed E-state index contributed by atoms with van der Waals surface area (Å²) in [5.41, 5.74) is 3.75. The Morgan fingerprint density at radius 2 is 1.79 bits per heavy atom. The van der Waals surface area contributed by atoms with E-state index >= 15 is 0 Å². The number of hydrogen-bond donors (Lipinski definition) is 1. The zero-order valence-corrected chi connectivity index (χ0v) is 19.8. The van der Waals surface area contributed by atoms with Gasteiger partial charge in [0.2, 0.25) is 5.91 Å². The smallest absolute Gasteiger partial charge is 0.326 e. The second-order valence-corrected chi connectivity index (χ2v) is 8.97. The van der Waals surface area contributed by atoms with E-state index in [4.69, 9.17) is 4.74 Å². The topological polar surface area (TPSA) is 79.0 Å². The van der Waals surface area contributed by atoms with Crippen LogP contribution in [0.2, 0.25) is 0 Å². The molecule has 1 atom stereocenters. The van der Waals surface area contributed by atoms with Crippen molar-refractivity contribution in [2.24, 2.45) is 5.92 Å². The molecule has 2 heterocycles. The molecule has 7 nitrogen and oxygen atoms in total. The number of carbonyl (C=O) groups excluding carboxylic acids is 3. The molecule has 0 saturated carbocycles. The molecule has 1 N–H and O–H groups in total. The SMILES string of the molecule is CCOC(=O)C1CCCN(C(=O)Cc2ccc(NC(=O)N3CCCCc4ccccc43)cc2)C1. The van der Waals surface area contributed by atoms with Gasteiger partial charge in [-0.15, -0.1) is 0 Å². The number of fused-ring (bicyclic) bond motifs is 1. The first kappa shape index (κ1) is 23.8. The molecule has 0 radical (unpaired) electrons. The number of anilines is 2. The zero-order valence-electron chi connectivity index (χ0n) is 19.8. The molecule has 0 spiro atoms. The number of rotatable bonds is 5. The van der Waals surface area contributed by atoms with E-state index in [1.165, 1.54) is 5.56 Å². The van der Waals surface area contributed by atoms with Crippen LogP contribution in [0.1, 0.15) is 43.7 Å². The number of nitrogens with one attached hydrogen (secondary N) is 1. The van der Waals surface area contributed by atoms with Crippen molar-refractivity contribution in [3.8, 4) is 0 Å². The van der Waals surface area contributed by atoms with Crippen molar-refractivity contribution in [2.45, 2.75) is 45.4 Å². The van der Waals surface area contributed by atoms with Gasteiger partial charge in [-0.2, -0.15) is 0 Å². The van der Waals surface area contributed by atoms with Gasteiger partial charge in [-0.05, 0) is 68.4 Å². The van der Waals surface area contributed by atoms with Gasteiger partial charge in [-0.25, -0.2) is 4.79 Å². The van der Waals surface area contributed by atoms with Crippen molar-refractivity contribution < 1.29 is 19.1 Å². The number of nitrogens with zero attached hydrogens (tertiary/aromatic N) is 2. The average molecular weight is 464 g/mol. The maximum atomic E-state index is 13.0. The summed E-state index contributed by atoms with van der Waals surface area (Å²) in [6, 6.07) is 15.3. The van der Waals surface area contributed by atoms with Crippen LogP contribution < -0.4 is 10.2 Å². The maximum absolute atomic E-state index is 13.0. The van der Waals surface area contributed by atoms with Crippen LogP contribution in [0.25, 0.3) is 0 Å². The number of carbonyl (C=O) groups is 3. The molecule has 0 bridgehead atoms. The highest BCUT2D eigenvalue weighted by Crippen LogP contribution is 2.27. The van der Waals surface area contributed by atoms with E-state index in [0.717, 1.165) is 43.4 Å². The van der Waals surface area contributed by atoms with E-state index < -0.39 is 0 Å². The van der Waals surface area contributed by atoms with E-state index in [9.17, 15) is 14.4 Å². The first-order chi connectivity index (χ1) is 16.5. The van der Waals surface area contributed by atoms with Crippen LogP contribution >= 0.6 is 0 Å². The predicted octanol–water partition coefficient (Wildman–Crippen LogP) is 4.41. The summed E-state index contributed by atoms with van der Waals surface area (Å²) >= 11 is 0. The Morgan fingerprint density at radius 1 is 1.00 bits per heavy atom. The summed E-state index contributed by atoms with van der Waals surface area (Å²) in [7, 11) is 0. The summed E-state index contributed by atoms with van der Waals surface area (Å²) in [5.74, 6) is -0.446. The molecule has 2 aromatic rings. The van der Waals surface area contributed by atoms with Gasteiger partial charge in [0.1, 0.15) is 0 Å². The van der Waals surface area contributed by atoms with Gasteiger partial charge in [-0.1, -0.05) is 30.3 Å². The zero-order chi connectivity index (χ0) is 23.9. The Labute approximate surface area is 201 Å². The molecule has 2 aliphatic heterocycles. The number of ether oxygens (including phenoxy) is 1. The van der Waals surface area contributed by atoms with Crippen molar-refractivity contribution in [3.05, 3.63) is 59.7 Å². The number of likely N-dealkylation sites (tertiary alicyclic amines) is 1. The average Bonchev–Trinajstić information content (AvgIpc) is 3.08. The molecule has 7 heteroatoms. The number of para-hydroxylation sites is 1. The highest BCUT2D eigenvalue weighted by atomic mass is 16.5. The van der Waals surface area contributed by atoms with Crippen LogP contribution in [0.3, 0.4) is 0 Å². The fourth-order valence-corrected chi connectivity index (χ4v) is 4.74. The summed E-state index contributed by atoms with van der Waals surface area (Å²) < 4.78 is 5.13. The molecule has 1 saturated heterocycles. The minimum absolute atomic E-state index is 0.00644. The van der Waals surface area contributed by atoms with Crippen molar-refractivity contribution in [2.75, 3.05) is 36.5 Å². The lowest BCUT2D eigenvalue weighted by Gasteiger charge is -2.31. The van der Waals surface area contributed by atoms with E-state index in [0.29, 0.717) is 31.9 Å². The second kappa shape index (κ2) is 11.2. The van der Waals surface area contributed by atoms with Crippen LogP contribution in [0.15, 0.2) is 48.5 Å². The van der Waals surface area contributed by atoms with E-state index in [1.807, 2.05) is 47.4 Å². The van der Waals surface area contributed by atoms with Crippen LogP contribution in [0, 0.1) is 5.92 Å². The Morgan fingerprint density at radius 3 is 2.59 bits per heavy atom. The fourth-order valence-electron chi connectivity index (χ4n) is 4.74. The Hall–Kier alpha value is -3.35. The highest BCUT2D eigenvalue weighted by molar-refractivity contribution is 6.02. The second-order valence-electron chi connectivity index (χ2n) is 8.97. The molecule has 2 aromatic carbocycles. The largest absolute Gasteiger partial charge is 0.466 e. The number of aryl methyl sites for hydroxylation is 1. The summed E-state index contributed by atoms with van der Waals surface area (Å²) in [6.07, 6.45) is 4.86. The van der Waals surface area contributed by atoms with Crippen LogP contribution in [-0.4, -0.2) is 49.0 Å². The Bertz CT molecular complexity index is 1020. The van der Waals surface area contributed by atoms with Gasteiger partial charge < -0.3 is 15.0 Å². The third kappa shape index (κ3) is 5.76. The molecular formula is C27H33N3O4. The normalized spacial score (nSPS) is 18.0. The molecule has 1 fully saturated rings. The van der Waals surface area contributed by atoms with Gasteiger partial charge in [0.25, 0.3) is 0 Å². The highest BCUT2D eigenvalue weighted by Gasteiger charge is 2.29. The molecule has 0 aliphatic carbocycles. The predicted molar refractivity (Wildman–Crippen MR) is 132 cm³/mol. The van der Waals surface area contributed by atoms with Gasteiger partial charge in [0.15, 0.2) is 0 Å². The summed E-state index contributed by atoms with van der Waals surface area (Å²) in [5, 5.41) is 2.99. The maximum Gasteiger partial charge on any atom is 0.326 e. The monoisotopic (exact) mass is 463 g/mol. The molecule has 0 aromatic heterocycles. The number of esters is 1. The molecular weight excluding hydrogens is 430 g/mol. The van der Waals surface area contributed by atoms with Gasteiger partial charge in [-0.3, -0.25) is 14.5 Å². The van der Waals surface area contributed by atoms with E-state index in [1.54, 1.807) is 11.8 Å². The number of hydrogen-bond acceptors (Lipinski definition) is 4. The number of amides is 3. The third-order valence-corrected chi connectivity index (χ3v) is 6.56. The van der Waals surface area contributed by atoms with Crippen molar-refractivity contribution >= 4 is 29.3 Å². The Kier molecular flexibility index (Phi) is 7.83. The van der Waals surface area contributed by atoms with Gasteiger partial charge in [0, 0.05) is 31.0 Å². The lowest BCUT2D eigenvalue weighted by molar-refractivity contribution is -0.151. The van der Waals surface area contributed by atoms with Gasteiger partial charge >= 0.3 is 12.0 Å². The minimum atomic E-state index is -0.237. The number of piperidine rings is 1. The summed E-state index contributed by atoms with van der Waals surface area (Å²) in [6.45, 7) is 3.93.